The molecule has 0 spiro atoms. The standard InChI is InChI=1S/C13H18N4/c1-9-7-12(8-14-4)5-6-13(9)17-11(3)15-10(2)16-17/h5-7,14H,8H2,1-4H3. The summed E-state index contributed by atoms with van der Waals surface area (Å²) in [7, 11) is 1.95. The molecule has 1 heterocycles. The van der Waals surface area contributed by atoms with E-state index in [0.717, 1.165) is 23.9 Å². The minimum atomic E-state index is 0.807. The van der Waals surface area contributed by atoms with E-state index in [0.29, 0.717) is 0 Å². The fraction of sp³-hybridized carbons (Fsp3) is 0.385. The first-order valence-corrected chi connectivity index (χ1v) is 5.76. The van der Waals surface area contributed by atoms with Crippen molar-refractivity contribution in [3.8, 4) is 5.69 Å². The molecule has 0 aliphatic heterocycles. The van der Waals surface area contributed by atoms with E-state index in [2.05, 4.69) is 40.5 Å². The summed E-state index contributed by atoms with van der Waals surface area (Å²) in [6, 6.07) is 6.40. The van der Waals surface area contributed by atoms with E-state index in [1.54, 1.807) is 0 Å². The van der Waals surface area contributed by atoms with E-state index in [1.165, 1.54) is 11.1 Å². The highest BCUT2D eigenvalue weighted by atomic mass is 15.3. The van der Waals surface area contributed by atoms with Crippen molar-refractivity contribution in [3.63, 3.8) is 0 Å². The average molecular weight is 230 g/mol. The third-order valence-electron chi connectivity index (χ3n) is 2.75. The summed E-state index contributed by atoms with van der Waals surface area (Å²) in [6.45, 7) is 6.87. The van der Waals surface area contributed by atoms with Crippen LogP contribution in [-0.4, -0.2) is 21.8 Å². The zero-order valence-corrected chi connectivity index (χ0v) is 10.8. The molecule has 0 fully saturated rings. The Morgan fingerprint density at radius 2 is 2.00 bits per heavy atom. The Kier molecular flexibility index (Phi) is 3.24. The molecule has 0 saturated carbocycles. The van der Waals surface area contributed by atoms with Gasteiger partial charge in [0.05, 0.1) is 5.69 Å². The minimum absolute atomic E-state index is 0.807. The van der Waals surface area contributed by atoms with Crippen LogP contribution in [0.3, 0.4) is 0 Å². The second kappa shape index (κ2) is 4.67. The predicted molar refractivity (Wildman–Crippen MR) is 68.3 cm³/mol. The van der Waals surface area contributed by atoms with Crippen LogP contribution in [0.1, 0.15) is 22.8 Å². The van der Waals surface area contributed by atoms with Crippen molar-refractivity contribution in [1.82, 2.24) is 20.1 Å². The highest BCUT2D eigenvalue weighted by Gasteiger charge is 2.07. The molecule has 0 radical (unpaired) electrons. The smallest absolute Gasteiger partial charge is 0.148 e. The molecule has 0 aliphatic rings. The van der Waals surface area contributed by atoms with Crippen molar-refractivity contribution in [2.24, 2.45) is 0 Å². The largest absolute Gasteiger partial charge is 0.316 e. The summed E-state index contributed by atoms with van der Waals surface area (Å²) in [4.78, 5) is 4.33. The molecule has 0 atom stereocenters. The zero-order valence-electron chi connectivity index (χ0n) is 10.8. The maximum atomic E-state index is 4.41. The van der Waals surface area contributed by atoms with Gasteiger partial charge in [-0.2, -0.15) is 5.10 Å². The molecule has 0 saturated heterocycles. The lowest BCUT2D eigenvalue weighted by Gasteiger charge is -2.09. The Labute approximate surface area is 102 Å². The molecule has 1 aromatic carbocycles. The number of aryl methyl sites for hydroxylation is 3. The molecule has 17 heavy (non-hydrogen) atoms. The maximum absolute atomic E-state index is 4.41. The van der Waals surface area contributed by atoms with Gasteiger partial charge in [-0.1, -0.05) is 12.1 Å². The van der Waals surface area contributed by atoms with Gasteiger partial charge in [0.15, 0.2) is 0 Å². The van der Waals surface area contributed by atoms with Crippen LogP contribution < -0.4 is 5.32 Å². The normalized spacial score (nSPS) is 10.8. The number of benzene rings is 1. The van der Waals surface area contributed by atoms with Crippen molar-refractivity contribution in [2.45, 2.75) is 27.3 Å². The Morgan fingerprint density at radius 3 is 2.53 bits per heavy atom. The molecule has 2 rings (SSSR count). The van der Waals surface area contributed by atoms with E-state index in [1.807, 2.05) is 25.6 Å². The highest BCUT2D eigenvalue weighted by molar-refractivity contribution is 5.42. The lowest BCUT2D eigenvalue weighted by atomic mass is 10.1. The number of nitrogens with one attached hydrogen (secondary N) is 1. The summed E-state index contributed by atoms with van der Waals surface area (Å²) in [5.41, 5.74) is 3.59. The van der Waals surface area contributed by atoms with Crippen molar-refractivity contribution in [3.05, 3.63) is 41.0 Å². The van der Waals surface area contributed by atoms with Gasteiger partial charge in [0, 0.05) is 6.54 Å². The van der Waals surface area contributed by atoms with Crippen LogP contribution in [0.5, 0.6) is 0 Å². The molecule has 0 aliphatic carbocycles. The predicted octanol–water partition coefficient (Wildman–Crippen LogP) is 1.91. The van der Waals surface area contributed by atoms with Crippen molar-refractivity contribution in [2.75, 3.05) is 7.05 Å². The summed E-state index contributed by atoms with van der Waals surface area (Å²) in [6.07, 6.45) is 0. The molecular weight excluding hydrogens is 212 g/mol. The van der Waals surface area contributed by atoms with Crippen LogP contribution in [0.4, 0.5) is 0 Å². The third-order valence-corrected chi connectivity index (χ3v) is 2.75. The second-order valence-electron chi connectivity index (χ2n) is 4.27. The van der Waals surface area contributed by atoms with Crippen LogP contribution >= 0.6 is 0 Å². The number of hydrogen-bond acceptors (Lipinski definition) is 3. The maximum Gasteiger partial charge on any atom is 0.148 e. The Hall–Kier alpha value is -1.68. The summed E-state index contributed by atoms with van der Waals surface area (Å²) < 4.78 is 1.90. The SMILES string of the molecule is CNCc1ccc(-n2nc(C)nc2C)c(C)c1. The molecule has 4 nitrogen and oxygen atoms in total. The van der Waals surface area contributed by atoms with Crippen LogP contribution in [0.25, 0.3) is 5.69 Å². The second-order valence-corrected chi connectivity index (χ2v) is 4.27. The number of nitrogens with zero attached hydrogens (tertiary/aromatic N) is 3. The third kappa shape index (κ3) is 2.36. The van der Waals surface area contributed by atoms with Gasteiger partial charge in [-0.3, -0.25) is 0 Å². The number of rotatable bonds is 3. The average Bonchev–Trinajstić information content (AvgIpc) is 2.58. The molecule has 1 aromatic heterocycles. The van der Waals surface area contributed by atoms with Crippen LogP contribution in [0.15, 0.2) is 18.2 Å². The van der Waals surface area contributed by atoms with Crippen LogP contribution in [0.2, 0.25) is 0 Å². The van der Waals surface area contributed by atoms with Gasteiger partial charge >= 0.3 is 0 Å². The van der Waals surface area contributed by atoms with E-state index in [4.69, 9.17) is 0 Å². The van der Waals surface area contributed by atoms with Crippen molar-refractivity contribution >= 4 is 0 Å². The molecule has 0 bridgehead atoms. The molecule has 90 valence electrons. The Bertz CT molecular complexity index is 528. The van der Waals surface area contributed by atoms with Gasteiger partial charge in [0.25, 0.3) is 0 Å². The van der Waals surface area contributed by atoms with Gasteiger partial charge < -0.3 is 5.32 Å². The molecule has 1 N–H and O–H groups in total. The van der Waals surface area contributed by atoms with Gasteiger partial charge in [-0.05, 0) is 45.0 Å². The fourth-order valence-corrected chi connectivity index (χ4v) is 2.02. The quantitative estimate of drug-likeness (QED) is 0.876. The summed E-state index contributed by atoms with van der Waals surface area (Å²) in [5.74, 6) is 1.73. The number of aromatic nitrogens is 3. The van der Waals surface area contributed by atoms with E-state index < -0.39 is 0 Å². The van der Waals surface area contributed by atoms with E-state index in [-0.39, 0.29) is 0 Å². The highest BCUT2D eigenvalue weighted by Crippen LogP contribution is 2.16. The number of hydrogen-bond donors (Lipinski definition) is 1. The molecule has 4 heteroatoms. The monoisotopic (exact) mass is 230 g/mol. The molecule has 0 unspecified atom stereocenters. The van der Waals surface area contributed by atoms with E-state index >= 15 is 0 Å². The Morgan fingerprint density at radius 1 is 1.24 bits per heavy atom. The molecule has 0 amide bonds. The van der Waals surface area contributed by atoms with Gasteiger partial charge in [0.1, 0.15) is 11.6 Å². The Balaban J connectivity index is 2.43. The fourth-order valence-electron chi connectivity index (χ4n) is 2.02. The van der Waals surface area contributed by atoms with E-state index in [9.17, 15) is 0 Å². The molecular formula is C13H18N4. The molecule has 2 aromatic rings. The minimum Gasteiger partial charge on any atom is -0.316 e. The first kappa shape index (κ1) is 11.8. The topological polar surface area (TPSA) is 42.7 Å². The summed E-state index contributed by atoms with van der Waals surface area (Å²) >= 11 is 0. The lowest BCUT2D eigenvalue weighted by molar-refractivity contribution is 0.805. The van der Waals surface area contributed by atoms with Crippen LogP contribution in [0, 0.1) is 20.8 Å². The lowest BCUT2D eigenvalue weighted by Crippen LogP contribution is -2.07. The van der Waals surface area contributed by atoms with Gasteiger partial charge in [0.2, 0.25) is 0 Å². The zero-order chi connectivity index (χ0) is 12.4. The summed E-state index contributed by atoms with van der Waals surface area (Å²) in [5, 5.41) is 7.56. The van der Waals surface area contributed by atoms with Crippen molar-refractivity contribution < 1.29 is 0 Å². The van der Waals surface area contributed by atoms with Gasteiger partial charge in [-0.15, -0.1) is 0 Å². The van der Waals surface area contributed by atoms with Crippen LogP contribution in [-0.2, 0) is 6.54 Å². The van der Waals surface area contributed by atoms with Crippen molar-refractivity contribution in [1.29, 1.82) is 0 Å². The first-order valence-electron chi connectivity index (χ1n) is 5.76. The first-order chi connectivity index (χ1) is 8.11. The van der Waals surface area contributed by atoms with Gasteiger partial charge in [-0.25, -0.2) is 9.67 Å².